The highest BCUT2D eigenvalue weighted by Crippen LogP contribution is 2.19. The van der Waals surface area contributed by atoms with Crippen LogP contribution in [0.3, 0.4) is 0 Å². The molecule has 19 heavy (non-hydrogen) atoms. The van der Waals surface area contributed by atoms with Gasteiger partial charge in [-0.2, -0.15) is 0 Å². The molecule has 0 saturated heterocycles. The number of hydrogen-bond acceptors (Lipinski definition) is 4. The van der Waals surface area contributed by atoms with Crippen LogP contribution in [0.1, 0.15) is 30.7 Å². The first-order valence-corrected chi connectivity index (χ1v) is 6.38. The molecule has 5 nitrogen and oxygen atoms in total. The van der Waals surface area contributed by atoms with Crippen LogP contribution in [0, 0.1) is 13.8 Å². The molecule has 0 radical (unpaired) electrons. The van der Waals surface area contributed by atoms with Crippen LogP contribution in [0.2, 0.25) is 0 Å². The molecule has 0 unspecified atom stereocenters. The Labute approximate surface area is 113 Å². The number of thiophene rings is 1. The molecule has 0 bridgehead atoms. The van der Waals surface area contributed by atoms with Gasteiger partial charge in [0.25, 0.3) is 5.91 Å². The maximum Gasteiger partial charge on any atom is 0.345 e. The Morgan fingerprint density at radius 3 is 2.42 bits per heavy atom. The minimum Gasteiger partial charge on any atom is -0.477 e. The number of anilines is 1. The van der Waals surface area contributed by atoms with E-state index in [1.807, 2.05) is 6.92 Å². The molecule has 2 aromatic rings. The van der Waals surface area contributed by atoms with E-state index in [0.29, 0.717) is 10.6 Å². The topological polar surface area (TPSA) is 79.3 Å². The minimum absolute atomic E-state index is 0.143. The molecule has 0 atom stereocenters. The number of carboxylic acid groups (broad SMARTS) is 1. The van der Waals surface area contributed by atoms with Crippen molar-refractivity contribution in [2.75, 3.05) is 5.32 Å². The van der Waals surface area contributed by atoms with Crippen LogP contribution in [0.5, 0.6) is 0 Å². The molecule has 0 fully saturated rings. The average molecular weight is 276 g/mol. The van der Waals surface area contributed by atoms with Gasteiger partial charge in [-0.3, -0.25) is 9.78 Å². The third kappa shape index (κ3) is 2.97. The molecular weight excluding hydrogens is 264 g/mol. The van der Waals surface area contributed by atoms with Crippen molar-refractivity contribution in [3.63, 3.8) is 0 Å². The van der Waals surface area contributed by atoms with Crippen molar-refractivity contribution in [1.29, 1.82) is 0 Å². The summed E-state index contributed by atoms with van der Waals surface area (Å²) in [7, 11) is 0. The van der Waals surface area contributed by atoms with E-state index in [2.05, 4.69) is 10.3 Å². The number of carboxylic acids is 1. The number of aromatic carboxylic acids is 1. The van der Waals surface area contributed by atoms with Gasteiger partial charge >= 0.3 is 5.97 Å². The Kier molecular flexibility index (Phi) is 3.62. The lowest BCUT2D eigenvalue weighted by Gasteiger charge is -2.07. The van der Waals surface area contributed by atoms with Gasteiger partial charge in [-0.15, -0.1) is 11.3 Å². The minimum atomic E-state index is -1.03. The van der Waals surface area contributed by atoms with E-state index in [4.69, 9.17) is 5.11 Å². The van der Waals surface area contributed by atoms with Gasteiger partial charge in [0.1, 0.15) is 4.88 Å². The van der Waals surface area contributed by atoms with E-state index in [0.717, 1.165) is 22.7 Å². The molecule has 2 aromatic heterocycles. The van der Waals surface area contributed by atoms with Gasteiger partial charge in [-0.25, -0.2) is 4.79 Å². The average Bonchev–Trinajstić information content (AvgIpc) is 2.82. The molecule has 0 aliphatic heterocycles. The molecule has 0 spiro atoms. The van der Waals surface area contributed by atoms with E-state index >= 15 is 0 Å². The highest BCUT2D eigenvalue weighted by Gasteiger charge is 2.13. The van der Waals surface area contributed by atoms with Gasteiger partial charge in [0.2, 0.25) is 0 Å². The Balaban J connectivity index is 2.18. The maximum atomic E-state index is 12.0. The van der Waals surface area contributed by atoms with E-state index < -0.39 is 5.97 Å². The largest absolute Gasteiger partial charge is 0.477 e. The summed E-state index contributed by atoms with van der Waals surface area (Å²) in [5, 5.41) is 11.5. The van der Waals surface area contributed by atoms with Crippen molar-refractivity contribution >= 4 is 28.9 Å². The third-order valence-electron chi connectivity index (χ3n) is 2.51. The lowest BCUT2D eigenvalue weighted by molar-refractivity contribution is 0.0702. The molecule has 0 aliphatic rings. The fourth-order valence-corrected chi connectivity index (χ4v) is 2.32. The van der Waals surface area contributed by atoms with Crippen molar-refractivity contribution in [2.45, 2.75) is 13.8 Å². The number of nitrogens with zero attached hydrogens (tertiary/aromatic N) is 1. The Hall–Kier alpha value is -2.21. The monoisotopic (exact) mass is 276 g/mol. The highest BCUT2D eigenvalue weighted by molar-refractivity contribution is 7.15. The van der Waals surface area contributed by atoms with Crippen molar-refractivity contribution in [1.82, 2.24) is 4.98 Å². The van der Waals surface area contributed by atoms with Gasteiger partial charge in [-0.1, -0.05) is 0 Å². The number of carbonyl (C=O) groups excluding carboxylic acids is 1. The smallest absolute Gasteiger partial charge is 0.345 e. The van der Waals surface area contributed by atoms with E-state index in [-0.39, 0.29) is 10.8 Å². The van der Waals surface area contributed by atoms with Crippen LogP contribution < -0.4 is 5.32 Å². The predicted octanol–water partition coefficient (Wildman–Crippen LogP) is 2.71. The fraction of sp³-hybridized carbons (Fsp3) is 0.154. The number of hydrogen-bond donors (Lipinski definition) is 2. The Bertz CT molecular complexity index is 649. The molecule has 0 aromatic carbocycles. The molecule has 2 N–H and O–H groups in total. The highest BCUT2D eigenvalue weighted by atomic mass is 32.1. The molecule has 1 amide bonds. The molecular formula is C13H12N2O3S. The van der Waals surface area contributed by atoms with Gasteiger partial charge in [0.15, 0.2) is 0 Å². The summed E-state index contributed by atoms with van der Waals surface area (Å²) in [5.41, 5.74) is 2.23. The predicted molar refractivity (Wildman–Crippen MR) is 72.9 cm³/mol. The normalized spacial score (nSPS) is 10.2. The zero-order chi connectivity index (χ0) is 14.0. The number of rotatable bonds is 3. The Morgan fingerprint density at radius 1 is 1.16 bits per heavy atom. The van der Waals surface area contributed by atoms with Crippen molar-refractivity contribution in [3.8, 4) is 0 Å². The lowest BCUT2D eigenvalue weighted by Crippen LogP contribution is -2.11. The number of aryl methyl sites for hydroxylation is 2. The third-order valence-corrected chi connectivity index (χ3v) is 3.59. The maximum absolute atomic E-state index is 12.0. The van der Waals surface area contributed by atoms with Crippen LogP contribution in [0.25, 0.3) is 0 Å². The molecule has 0 aliphatic carbocycles. The summed E-state index contributed by atoms with van der Waals surface area (Å²) in [4.78, 5) is 27.5. The standard InChI is InChI=1S/C13H12N2O3S/c1-7-3-4-9(8(2)14-7)15-12(16)10-5-6-11(19-10)13(17)18/h3-6H,1-2H3,(H,15,16)(H,17,18). The summed E-state index contributed by atoms with van der Waals surface area (Å²) in [5.74, 6) is -1.36. The van der Waals surface area contributed by atoms with Gasteiger partial charge < -0.3 is 10.4 Å². The van der Waals surface area contributed by atoms with Crippen molar-refractivity contribution < 1.29 is 14.7 Å². The first-order chi connectivity index (χ1) is 8.97. The van der Waals surface area contributed by atoms with E-state index in [1.54, 1.807) is 19.1 Å². The number of carbonyl (C=O) groups is 2. The van der Waals surface area contributed by atoms with Gasteiger partial charge in [0.05, 0.1) is 16.3 Å². The quantitative estimate of drug-likeness (QED) is 0.903. The summed E-state index contributed by atoms with van der Waals surface area (Å²) in [6, 6.07) is 6.50. The number of amides is 1. The summed E-state index contributed by atoms with van der Waals surface area (Å²) < 4.78 is 0. The van der Waals surface area contributed by atoms with Crippen LogP contribution in [0.15, 0.2) is 24.3 Å². The number of aromatic nitrogens is 1. The van der Waals surface area contributed by atoms with Gasteiger partial charge in [-0.05, 0) is 38.1 Å². The van der Waals surface area contributed by atoms with Crippen LogP contribution >= 0.6 is 11.3 Å². The fourth-order valence-electron chi connectivity index (χ4n) is 1.58. The molecule has 98 valence electrons. The summed E-state index contributed by atoms with van der Waals surface area (Å²) in [6.07, 6.45) is 0. The van der Waals surface area contributed by atoms with Gasteiger partial charge in [0, 0.05) is 5.69 Å². The van der Waals surface area contributed by atoms with E-state index in [1.165, 1.54) is 12.1 Å². The molecule has 0 saturated carbocycles. The van der Waals surface area contributed by atoms with Crippen LogP contribution in [0.4, 0.5) is 5.69 Å². The zero-order valence-electron chi connectivity index (χ0n) is 10.4. The van der Waals surface area contributed by atoms with Crippen molar-refractivity contribution in [2.24, 2.45) is 0 Å². The van der Waals surface area contributed by atoms with Crippen LogP contribution in [-0.2, 0) is 0 Å². The van der Waals surface area contributed by atoms with E-state index in [9.17, 15) is 9.59 Å². The summed E-state index contributed by atoms with van der Waals surface area (Å²) in [6.45, 7) is 3.68. The SMILES string of the molecule is Cc1ccc(NC(=O)c2ccc(C(=O)O)s2)c(C)n1. The second-order valence-electron chi connectivity index (χ2n) is 4.01. The first kappa shape index (κ1) is 13.2. The second kappa shape index (κ2) is 5.19. The number of nitrogens with one attached hydrogen (secondary N) is 1. The lowest BCUT2D eigenvalue weighted by atomic mass is 10.2. The molecule has 6 heteroatoms. The molecule has 2 heterocycles. The Morgan fingerprint density at radius 2 is 1.84 bits per heavy atom. The number of pyridine rings is 1. The first-order valence-electron chi connectivity index (χ1n) is 5.56. The zero-order valence-corrected chi connectivity index (χ0v) is 11.2. The summed E-state index contributed by atoms with van der Waals surface area (Å²) >= 11 is 0.945. The molecule has 2 rings (SSSR count). The second-order valence-corrected chi connectivity index (χ2v) is 5.09. The van der Waals surface area contributed by atoms with Crippen molar-refractivity contribution in [3.05, 3.63) is 45.4 Å². The van der Waals surface area contributed by atoms with Crippen LogP contribution in [-0.4, -0.2) is 22.0 Å².